The van der Waals surface area contributed by atoms with Crippen LogP contribution in [-0.2, 0) is 19.1 Å². The van der Waals surface area contributed by atoms with Gasteiger partial charge in [0, 0.05) is 12.3 Å². The molecule has 0 unspecified atom stereocenters. The molecule has 0 saturated heterocycles. The van der Waals surface area contributed by atoms with E-state index in [1.165, 1.54) is 6.42 Å². The fourth-order valence-electron chi connectivity index (χ4n) is 2.31. The lowest BCUT2D eigenvalue weighted by Crippen LogP contribution is -2.50. The van der Waals surface area contributed by atoms with Gasteiger partial charge in [0.2, 0.25) is 11.8 Å². The molecule has 130 valence electrons. The molecule has 0 bridgehead atoms. The van der Waals surface area contributed by atoms with E-state index in [2.05, 4.69) is 16.2 Å². The number of carbonyl (C=O) groups is 3. The Bertz CT molecular complexity index is 436. The SMILES string of the molecule is CCCOC(=O)CCC(=O)NC(=S)NNC(=O)C1CCCCC1. The summed E-state index contributed by atoms with van der Waals surface area (Å²) in [5.41, 5.74) is 5.03. The molecule has 0 aromatic carbocycles. The molecule has 0 radical (unpaired) electrons. The van der Waals surface area contributed by atoms with Crippen molar-refractivity contribution in [3.05, 3.63) is 0 Å². The second kappa shape index (κ2) is 10.9. The average Bonchev–Trinajstić information content (AvgIpc) is 2.56. The van der Waals surface area contributed by atoms with Crippen LogP contribution in [0.15, 0.2) is 0 Å². The first-order valence-corrected chi connectivity index (χ1v) is 8.49. The lowest BCUT2D eigenvalue weighted by molar-refractivity contribution is -0.144. The zero-order valence-corrected chi connectivity index (χ0v) is 14.3. The molecule has 0 aromatic heterocycles. The molecule has 2 amide bonds. The summed E-state index contributed by atoms with van der Waals surface area (Å²) in [5.74, 6) is -0.915. The largest absolute Gasteiger partial charge is 0.466 e. The molecule has 1 aliphatic rings. The van der Waals surface area contributed by atoms with E-state index in [1.54, 1.807) is 0 Å². The first-order chi connectivity index (χ1) is 11.0. The van der Waals surface area contributed by atoms with Gasteiger partial charge in [-0.1, -0.05) is 26.2 Å². The van der Waals surface area contributed by atoms with Gasteiger partial charge >= 0.3 is 5.97 Å². The minimum Gasteiger partial charge on any atom is -0.466 e. The molecular weight excluding hydrogens is 318 g/mol. The summed E-state index contributed by atoms with van der Waals surface area (Å²) in [4.78, 5) is 34.8. The van der Waals surface area contributed by atoms with Crippen LogP contribution >= 0.6 is 12.2 Å². The van der Waals surface area contributed by atoms with Crippen LogP contribution in [0.2, 0.25) is 0 Å². The van der Waals surface area contributed by atoms with Crippen molar-refractivity contribution >= 4 is 35.1 Å². The molecule has 0 spiro atoms. The van der Waals surface area contributed by atoms with Gasteiger partial charge in [-0.15, -0.1) is 0 Å². The fraction of sp³-hybridized carbons (Fsp3) is 0.733. The van der Waals surface area contributed by atoms with E-state index in [9.17, 15) is 14.4 Å². The Morgan fingerprint density at radius 3 is 2.43 bits per heavy atom. The molecular formula is C15H25N3O4S. The van der Waals surface area contributed by atoms with Crippen molar-refractivity contribution in [3.8, 4) is 0 Å². The van der Waals surface area contributed by atoms with Crippen LogP contribution in [0.25, 0.3) is 0 Å². The number of amides is 2. The minimum atomic E-state index is -0.411. The van der Waals surface area contributed by atoms with E-state index < -0.39 is 11.9 Å². The van der Waals surface area contributed by atoms with Crippen LogP contribution in [0.3, 0.4) is 0 Å². The van der Waals surface area contributed by atoms with Crippen molar-refractivity contribution in [2.24, 2.45) is 5.92 Å². The molecule has 7 nitrogen and oxygen atoms in total. The van der Waals surface area contributed by atoms with Crippen molar-refractivity contribution in [2.75, 3.05) is 6.61 Å². The third kappa shape index (κ3) is 8.49. The molecule has 0 heterocycles. The highest BCUT2D eigenvalue weighted by atomic mass is 32.1. The van der Waals surface area contributed by atoms with E-state index in [0.717, 1.165) is 32.1 Å². The second-order valence-electron chi connectivity index (χ2n) is 5.55. The van der Waals surface area contributed by atoms with Crippen LogP contribution in [0.1, 0.15) is 58.3 Å². The number of ether oxygens (including phenoxy) is 1. The Kier molecular flexibility index (Phi) is 9.20. The molecule has 1 aliphatic carbocycles. The molecule has 8 heteroatoms. The molecule has 23 heavy (non-hydrogen) atoms. The van der Waals surface area contributed by atoms with Crippen LogP contribution in [0, 0.1) is 5.92 Å². The van der Waals surface area contributed by atoms with E-state index in [1.807, 2.05) is 6.92 Å². The number of hydrogen-bond donors (Lipinski definition) is 3. The smallest absolute Gasteiger partial charge is 0.306 e. The molecule has 1 fully saturated rings. The molecule has 1 rings (SSSR count). The Labute approximate surface area is 141 Å². The second-order valence-corrected chi connectivity index (χ2v) is 5.96. The van der Waals surface area contributed by atoms with Crippen LogP contribution < -0.4 is 16.2 Å². The Balaban J connectivity index is 2.16. The maximum absolute atomic E-state index is 11.9. The lowest BCUT2D eigenvalue weighted by Gasteiger charge is -2.21. The number of hydrazine groups is 1. The number of hydrogen-bond acceptors (Lipinski definition) is 5. The van der Waals surface area contributed by atoms with Gasteiger partial charge in [-0.3, -0.25) is 25.2 Å². The predicted octanol–water partition coefficient (Wildman–Crippen LogP) is 1.32. The molecule has 0 aliphatic heterocycles. The van der Waals surface area contributed by atoms with E-state index in [-0.39, 0.29) is 29.8 Å². The number of esters is 1. The zero-order valence-electron chi connectivity index (χ0n) is 13.5. The molecule has 3 N–H and O–H groups in total. The highest BCUT2D eigenvalue weighted by Crippen LogP contribution is 2.23. The van der Waals surface area contributed by atoms with Crippen molar-refractivity contribution in [1.29, 1.82) is 0 Å². The van der Waals surface area contributed by atoms with Gasteiger partial charge in [-0.25, -0.2) is 0 Å². The van der Waals surface area contributed by atoms with E-state index >= 15 is 0 Å². The number of rotatable bonds is 6. The first kappa shape index (κ1) is 19.3. The quantitative estimate of drug-likeness (QED) is 0.382. The van der Waals surface area contributed by atoms with Crippen LogP contribution in [-0.4, -0.2) is 29.5 Å². The molecule has 0 atom stereocenters. The standard InChI is InChI=1S/C15H25N3O4S/c1-2-10-22-13(20)9-8-12(19)16-15(23)18-17-14(21)11-6-4-3-5-7-11/h11H,2-10H2,1H3,(H,17,21)(H2,16,18,19,23). The average molecular weight is 343 g/mol. The highest BCUT2D eigenvalue weighted by Gasteiger charge is 2.21. The summed E-state index contributed by atoms with van der Waals surface area (Å²) in [7, 11) is 0. The van der Waals surface area contributed by atoms with Crippen LogP contribution in [0.4, 0.5) is 0 Å². The zero-order chi connectivity index (χ0) is 17.1. The lowest BCUT2D eigenvalue weighted by atomic mass is 9.89. The van der Waals surface area contributed by atoms with Gasteiger partial charge in [-0.2, -0.15) is 0 Å². The minimum absolute atomic E-state index is 0.00286. The van der Waals surface area contributed by atoms with Crippen molar-refractivity contribution in [2.45, 2.75) is 58.3 Å². The Morgan fingerprint density at radius 1 is 1.09 bits per heavy atom. The van der Waals surface area contributed by atoms with Gasteiger partial charge in [0.1, 0.15) is 0 Å². The predicted molar refractivity (Wildman–Crippen MR) is 89.1 cm³/mol. The third-order valence-electron chi connectivity index (χ3n) is 3.55. The Morgan fingerprint density at radius 2 is 1.78 bits per heavy atom. The highest BCUT2D eigenvalue weighted by molar-refractivity contribution is 7.80. The first-order valence-electron chi connectivity index (χ1n) is 8.08. The maximum atomic E-state index is 11.9. The summed E-state index contributed by atoms with van der Waals surface area (Å²) >= 11 is 4.93. The topological polar surface area (TPSA) is 96.5 Å². The molecule has 0 aromatic rings. The van der Waals surface area contributed by atoms with Crippen molar-refractivity contribution < 1.29 is 19.1 Å². The van der Waals surface area contributed by atoms with Gasteiger partial charge < -0.3 is 10.1 Å². The number of thiocarbonyl (C=S) groups is 1. The number of carbonyl (C=O) groups excluding carboxylic acids is 3. The summed E-state index contributed by atoms with van der Waals surface area (Å²) < 4.78 is 4.87. The summed E-state index contributed by atoms with van der Waals surface area (Å²) in [6, 6.07) is 0. The van der Waals surface area contributed by atoms with Crippen molar-refractivity contribution in [3.63, 3.8) is 0 Å². The fourth-order valence-corrected chi connectivity index (χ4v) is 2.47. The third-order valence-corrected chi connectivity index (χ3v) is 3.76. The molecule has 1 saturated carbocycles. The summed E-state index contributed by atoms with van der Waals surface area (Å²) in [5, 5.41) is 2.42. The van der Waals surface area contributed by atoms with Gasteiger partial charge in [-0.05, 0) is 31.5 Å². The van der Waals surface area contributed by atoms with Gasteiger partial charge in [0.25, 0.3) is 0 Å². The van der Waals surface area contributed by atoms with Gasteiger partial charge in [0.15, 0.2) is 5.11 Å². The van der Waals surface area contributed by atoms with Crippen LogP contribution in [0.5, 0.6) is 0 Å². The number of nitrogens with one attached hydrogen (secondary N) is 3. The monoisotopic (exact) mass is 343 g/mol. The van der Waals surface area contributed by atoms with Gasteiger partial charge in [0.05, 0.1) is 13.0 Å². The van der Waals surface area contributed by atoms with E-state index in [0.29, 0.717) is 6.61 Å². The van der Waals surface area contributed by atoms with E-state index in [4.69, 9.17) is 17.0 Å². The maximum Gasteiger partial charge on any atom is 0.306 e. The normalized spacial score (nSPS) is 14.7. The summed E-state index contributed by atoms with van der Waals surface area (Å²) in [6.07, 6.45) is 5.79. The Hall–Kier alpha value is -1.70. The van der Waals surface area contributed by atoms with Crippen molar-refractivity contribution in [1.82, 2.24) is 16.2 Å². The summed E-state index contributed by atoms with van der Waals surface area (Å²) in [6.45, 7) is 2.25.